The number of hydrogen-bond donors (Lipinski definition) is 3. The van der Waals surface area contributed by atoms with E-state index < -0.39 is 10.0 Å². The summed E-state index contributed by atoms with van der Waals surface area (Å²) in [5.41, 5.74) is 1.79. The first-order valence-corrected chi connectivity index (χ1v) is 13.3. The van der Waals surface area contributed by atoms with Gasteiger partial charge in [-0.15, -0.1) is 0 Å². The molecule has 0 radical (unpaired) electrons. The number of fused-ring (bicyclic) bond motifs is 1. The van der Waals surface area contributed by atoms with Crippen LogP contribution in [0.4, 0.5) is 17.5 Å². The number of sulfonamides is 1. The molecule has 4 rings (SSSR count). The fraction of sp³-hybridized carbons (Fsp3) is 0.522. The van der Waals surface area contributed by atoms with Crippen LogP contribution in [-0.2, 0) is 10.0 Å². The van der Waals surface area contributed by atoms with E-state index in [2.05, 4.69) is 39.7 Å². The van der Waals surface area contributed by atoms with Gasteiger partial charge in [-0.3, -0.25) is 10.1 Å². The summed E-state index contributed by atoms with van der Waals surface area (Å²) in [6.07, 6.45) is 4.81. The monoisotopic (exact) mass is 471 g/mol. The van der Waals surface area contributed by atoms with E-state index in [0.29, 0.717) is 11.6 Å². The maximum Gasteiger partial charge on any atom is 0.214 e. The summed E-state index contributed by atoms with van der Waals surface area (Å²) in [7, 11) is -3.25. The van der Waals surface area contributed by atoms with Crippen LogP contribution < -0.4 is 10.6 Å². The van der Waals surface area contributed by atoms with Crippen LogP contribution in [0.3, 0.4) is 0 Å². The molecule has 1 aliphatic rings. The second kappa shape index (κ2) is 9.64. The molecular formula is C23H33N7O2S. The summed E-state index contributed by atoms with van der Waals surface area (Å²) in [5, 5.41) is 15.0. The van der Waals surface area contributed by atoms with Crippen molar-refractivity contribution < 1.29 is 8.42 Å². The third-order valence-electron chi connectivity index (χ3n) is 6.36. The Labute approximate surface area is 195 Å². The fourth-order valence-electron chi connectivity index (χ4n) is 4.73. The Bertz CT molecular complexity index is 1200. The van der Waals surface area contributed by atoms with Gasteiger partial charge in [0.15, 0.2) is 5.82 Å². The lowest BCUT2D eigenvalue weighted by Crippen LogP contribution is -2.54. The fourth-order valence-corrected chi connectivity index (χ4v) is 6.41. The molecule has 0 saturated carbocycles. The second-order valence-electron chi connectivity index (χ2n) is 8.65. The SMILES string of the molecule is CC[C@@H]1CC(Nc2nc(Nc3cc(C)[nH]n3)cc3ncccc23)C[C@H](CC)N1S(=O)(=O)CC. The van der Waals surface area contributed by atoms with Gasteiger partial charge in [0.25, 0.3) is 0 Å². The molecular weight excluding hydrogens is 438 g/mol. The Morgan fingerprint density at radius 2 is 1.85 bits per heavy atom. The van der Waals surface area contributed by atoms with E-state index >= 15 is 0 Å². The van der Waals surface area contributed by atoms with Crippen molar-refractivity contribution in [3.63, 3.8) is 0 Å². The van der Waals surface area contributed by atoms with Gasteiger partial charge in [0.05, 0.1) is 11.3 Å². The summed E-state index contributed by atoms with van der Waals surface area (Å²) in [4.78, 5) is 9.36. The van der Waals surface area contributed by atoms with Crippen LogP contribution in [0.5, 0.6) is 0 Å². The number of rotatable bonds is 8. The molecule has 9 nitrogen and oxygen atoms in total. The minimum Gasteiger partial charge on any atom is -0.367 e. The molecule has 1 saturated heterocycles. The highest BCUT2D eigenvalue weighted by Crippen LogP contribution is 2.33. The first-order chi connectivity index (χ1) is 15.8. The third kappa shape index (κ3) is 4.96. The zero-order valence-corrected chi connectivity index (χ0v) is 20.5. The average Bonchev–Trinajstić information content (AvgIpc) is 3.22. The standard InChI is InChI=1S/C23H33N7O2S/c1-5-17-12-16(13-18(6-2)30(17)33(31,32)7-3)25-23-19-9-8-10-24-20(19)14-21(27-23)26-22-11-15(4)28-29-22/h8-11,14,16-18H,5-7,12-13H2,1-4H3,(H3,25,26,27,28,29)/t16?,17-,18+. The van der Waals surface area contributed by atoms with Crippen LogP contribution in [-0.4, -0.2) is 56.8 Å². The van der Waals surface area contributed by atoms with Gasteiger partial charge >= 0.3 is 0 Å². The highest BCUT2D eigenvalue weighted by atomic mass is 32.2. The van der Waals surface area contributed by atoms with E-state index in [-0.39, 0.29) is 23.9 Å². The van der Waals surface area contributed by atoms with Crippen LogP contribution >= 0.6 is 0 Å². The van der Waals surface area contributed by atoms with Crippen molar-refractivity contribution in [1.29, 1.82) is 0 Å². The van der Waals surface area contributed by atoms with Crippen molar-refractivity contribution in [2.75, 3.05) is 16.4 Å². The van der Waals surface area contributed by atoms with Gasteiger partial charge in [0.2, 0.25) is 10.0 Å². The Balaban J connectivity index is 1.64. The number of nitrogens with zero attached hydrogens (tertiary/aromatic N) is 4. The molecule has 3 N–H and O–H groups in total. The van der Waals surface area contributed by atoms with E-state index in [1.165, 1.54) is 0 Å². The Morgan fingerprint density at radius 3 is 2.45 bits per heavy atom. The van der Waals surface area contributed by atoms with Crippen molar-refractivity contribution in [3.05, 3.63) is 36.2 Å². The molecule has 33 heavy (non-hydrogen) atoms. The van der Waals surface area contributed by atoms with E-state index in [9.17, 15) is 8.42 Å². The number of aromatic nitrogens is 4. The summed E-state index contributed by atoms with van der Waals surface area (Å²) in [5.74, 6) is 2.23. The molecule has 3 aromatic heterocycles. The number of nitrogens with one attached hydrogen (secondary N) is 3. The molecule has 4 heterocycles. The van der Waals surface area contributed by atoms with Crippen molar-refractivity contribution in [1.82, 2.24) is 24.5 Å². The summed E-state index contributed by atoms with van der Waals surface area (Å²) < 4.78 is 27.4. The number of piperidine rings is 1. The zero-order valence-electron chi connectivity index (χ0n) is 19.7. The quantitative estimate of drug-likeness (QED) is 0.451. The van der Waals surface area contributed by atoms with Crippen LogP contribution in [0.15, 0.2) is 30.5 Å². The van der Waals surface area contributed by atoms with Gasteiger partial charge in [-0.05, 0) is 51.7 Å². The molecule has 1 aliphatic heterocycles. The van der Waals surface area contributed by atoms with Gasteiger partial charge < -0.3 is 10.6 Å². The van der Waals surface area contributed by atoms with Gasteiger partial charge in [-0.25, -0.2) is 13.4 Å². The summed E-state index contributed by atoms with van der Waals surface area (Å²) in [6, 6.07) is 7.80. The molecule has 0 spiro atoms. The van der Waals surface area contributed by atoms with Crippen molar-refractivity contribution in [2.45, 2.75) is 71.5 Å². The zero-order chi connectivity index (χ0) is 23.6. The topological polar surface area (TPSA) is 116 Å². The Kier molecular flexibility index (Phi) is 6.85. The molecule has 1 unspecified atom stereocenters. The maximum atomic E-state index is 12.8. The highest BCUT2D eigenvalue weighted by Gasteiger charge is 2.40. The lowest BCUT2D eigenvalue weighted by atomic mass is 9.91. The number of aromatic amines is 1. The molecule has 0 bridgehead atoms. The second-order valence-corrected chi connectivity index (χ2v) is 10.8. The number of H-pyrrole nitrogens is 1. The van der Waals surface area contributed by atoms with Crippen molar-refractivity contribution >= 4 is 38.4 Å². The summed E-state index contributed by atoms with van der Waals surface area (Å²) in [6.45, 7) is 7.79. The minimum atomic E-state index is -3.25. The van der Waals surface area contributed by atoms with Crippen LogP contribution in [0.25, 0.3) is 10.9 Å². The average molecular weight is 472 g/mol. The molecule has 0 amide bonds. The molecule has 0 aromatic carbocycles. The first kappa shape index (κ1) is 23.4. The predicted octanol–water partition coefficient (Wildman–Crippen LogP) is 4.19. The molecule has 10 heteroatoms. The van der Waals surface area contributed by atoms with E-state index in [1.54, 1.807) is 17.4 Å². The molecule has 0 aliphatic carbocycles. The van der Waals surface area contributed by atoms with Crippen LogP contribution in [0, 0.1) is 6.92 Å². The highest BCUT2D eigenvalue weighted by molar-refractivity contribution is 7.89. The largest absolute Gasteiger partial charge is 0.367 e. The predicted molar refractivity (Wildman–Crippen MR) is 132 cm³/mol. The minimum absolute atomic E-state index is 0.0242. The van der Waals surface area contributed by atoms with E-state index in [4.69, 9.17) is 4.98 Å². The van der Waals surface area contributed by atoms with Gasteiger partial charge in [-0.1, -0.05) is 13.8 Å². The smallest absolute Gasteiger partial charge is 0.214 e. The lowest BCUT2D eigenvalue weighted by Gasteiger charge is -2.44. The summed E-state index contributed by atoms with van der Waals surface area (Å²) >= 11 is 0. The van der Waals surface area contributed by atoms with E-state index in [0.717, 1.165) is 48.1 Å². The maximum absolute atomic E-state index is 12.8. The molecule has 178 valence electrons. The number of pyridine rings is 2. The van der Waals surface area contributed by atoms with Crippen LogP contribution in [0.2, 0.25) is 0 Å². The van der Waals surface area contributed by atoms with Gasteiger partial charge in [-0.2, -0.15) is 9.40 Å². The van der Waals surface area contributed by atoms with Crippen LogP contribution in [0.1, 0.15) is 52.1 Å². The molecule has 1 fully saturated rings. The van der Waals surface area contributed by atoms with Gasteiger partial charge in [0.1, 0.15) is 11.6 Å². The van der Waals surface area contributed by atoms with Crippen molar-refractivity contribution in [3.8, 4) is 0 Å². The molecule has 3 atom stereocenters. The lowest BCUT2D eigenvalue weighted by molar-refractivity contribution is 0.161. The van der Waals surface area contributed by atoms with Gasteiger partial charge in [0, 0.05) is 47.5 Å². The number of anilines is 3. The Hall–Kier alpha value is -2.72. The first-order valence-electron chi connectivity index (χ1n) is 11.7. The normalized spacial score (nSPS) is 21.9. The molecule has 3 aromatic rings. The Morgan fingerprint density at radius 1 is 1.12 bits per heavy atom. The number of hydrogen-bond acceptors (Lipinski definition) is 7. The number of aryl methyl sites for hydroxylation is 1. The third-order valence-corrected chi connectivity index (χ3v) is 8.33. The van der Waals surface area contributed by atoms with Crippen molar-refractivity contribution in [2.24, 2.45) is 0 Å². The van der Waals surface area contributed by atoms with E-state index in [1.807, 2.05) is 31.2 Å².